The van der Waals surface area contributed by atoms with Crippen LogP contribution in [0.3, 0.4) is 0 Å². The molecule has 0 aromatic carbocycles. The van der Waals surface area contributed by atoms with E-state index in [1.165, 1.54) is 0 Å². The molecule has 0 rings (SSSR count). The van der Waals surface area contributed by atoms with Crippen LogP contribution in [0.15, 0.2) is 0 Å². The number of hydrogen-bond acceptors (Lipinski definition) is 4. The molecule has 0 unspecified atom stereocenters. The van der Waals surface area contributed by atoms with Crippen molar-refractivity contribution in [2.24, 2.45) is 0 Å². The second kappa shape index (κ2) is 4.55. The Hall–Kier alpha value is 0.550. The third kappa shape index (κ3) is 4.55. The van der Waals surface area contributed by atoms with Gasteiger partial charge in [0.05, 0.1) is 12.2 Å². The maximum atomic E-state index is 10.6. The molecule has 5 heteroatoms. The topological polar surface area (TPSA) is 32.3 Å². The predicted octanol–water partition coefficient (Wildman–Crippen LogP) is 1.23. The highest BCUT2D eigenvalue weighted by Gasteiger charge is 1.71. The van der Waals surface area contributed by atoms with Gasteiger partial charge in [-0.3, -0.25) is 0 Å². The fourth-order valence-corrected chi connectivity index (χ4v) is 0.127. The zero-order valence-corrected chi connectivity index (χ0v) is 3.77. The fraction of sp³-hybridized carbons (Fsp3) is 0. The van der Waals surface area contributed by atoms with Crippen molar-refractivity contribution < 1.29 is 8.44 Å². The number of nitrogens with one attached hydrogen (secondary N) is 1. The van der Waals surface area contributed by atoms with Gasteiger partial charge in [0.15, 0.2) is 0 Å². The molecule has 0 aliphatic rings. The van der Waals surface area contributed by atoms with E-state index in [0.29, 0.717) is 0 Å². The number of rotatable bonds is 2. The first-order valence-corrected chi connectivity index (χ1v) is 2.24. The zero-order chi connectivity index (χ0) is 4.12. The molecule has 5 heavy (non-hydrogen) atoms. The van der Waals surface area contributed by atoms with Gasteiger partial charge in [-0.05, 0) is 0 Å². The zero-order valence-electron chi connectivity index (χ0n) is 2.14. The van der Waals surface area contributed by atoms with Gasteiger partial charge >= 0.3 is 0 Å². The van der Waals surface area contributed by atoms with Gasteiger partial charge in [0.2, 0.25) is 0 Å². The van der Waals surface area contributed by atoms with E-state index in [0.717, 1.165) is 0 Å². The normalized spacial score (nSPS) is 8.40. The Kier molecular flexibility index (Phi) is 5.05. The number of halogens is 1. The summed E-state index contributed by atoms with van der Waals surface area (Å²) >= 11 is 0.104. The van der Waals surface area contributed by atoms with E-state index in [1.807, 2.05) is 4.13 Å². The molecule has 0 radical (unpaired) electrons. The summed E-state index contributed by atoms with van der Waals surface area (Å²) in [6.45, 7) is 0. The van der Waals surface area contributed by atoms with Gasteiger partial charge in [0.1, 0.15) is 12.3 Å². The first-order valence-electron chi connectivity index (χ1n) is 0.745. The summed E-state index contributed by atoms with van der Waals surface area (Å²) in [4.78, 5) is 0. The highest BCUT2D eigenvalue weighted by atomic mass is 32.2. The largest absolute Gasteiger partial charge is 0.316 e. The lowest BCUT2D eigenvalue weighted by Crippen LogP contribution is -1.78. The lowest BCUT2D eigenvalue weighted by Gasteiger charge is -1.77. The highest BCUT2D eigenvalue weighted by molar-refractivity contribution is 8.07. The summed E-state index contributed by atoms with van der Waals surface area (Å²) in [5, 5.41) is 0. The Morgan fingerprint density at radius 2 is 2.40 bits per heavy atom. The van der Waals surface area contributed by atoms with Gasteiger partial charge in [0.25, 0.3) is 0 Å². The smallest absolute Gasteiger partial charge is 0.144 e. The maximum absolute atomic E-state index is 10.6. The standard InChI is InChI=1S/FH2NOS2/c1-4-2-5-3/h2-3H. The Labute approximate surface area is 37.9 Å². The second-order valence-electron chi connectivity index (χ2n) is 0.252. The lowest BCUT2D eigenvalue weighted by atomic mass is 13.9. The Morgan fingerprint density at radius 3 is 2.40 bits per heavy atom. The average molecular weight is 115 g/mol. The molecule has 2 N–H and O–H groups in total. The summed E-state index contributed by atoms with van der Waals surface area (Å²) in [5.41, 5.74) is 0. The van der Waals surface area contributed by atoms with Crippen molar-refractivity contribution in [3.63, 3.8) is 0 Å². The van der Waals surface area contributed by atoms with E-state index in [9.17, 15) is 3.89 Å². The Morgan fingerprint density at radius 1 is 1.80 bits per heavy atom. The van der Waals surface area contributed by atoms with Gasteiger partial charge in [0, 0.05) is 0 Å². The van der Waals surface area contributed by atoms with Crippen LogP contribution in [-0.2, 0) is 0 Å². The molecule has 0 atom stereocenters. The highest BCUT2D eigenvalue weighted by Crippen LogP contribution is 1.96. The van der Waals surface area contributed by atoms with Crippen LogP contribution in [0.5, 0.6) is 0 Å². The molecule has 0 heterocycles. The second-order valence-corrected chi connectivity index (χ2v) is 1.26. The van der Waals surface area contributed by atoms with Crippen LogP contribution in [0.1, 0.15) is 0 Å². The van der Waals surface area contributed by atoms with Crippen molar-refractivity contribution in [2.45, 2.75) is 0 Å². The molecule has 0 saturated carbocycles. The van der Waals surface area contributed by atoms with Crippen molar-refractivity contribution in [1.82, 2.24) is 4.13 Å². The van der Waals surface area contributed by atoms with Crippen molar-refractivity contribution in [3.05, 3.63) is 0 Å². The first kappa shape index (κ1) is 5.55. The molecule has 0 aliphatic heterocycles. The van der Waals surface area contributed by atoms with Crippen LogP contribution in [0.25, 0.3) is 0 Å². The third-order valence-corrected chi connectivity index (χ3v) is 0.619. The van der Waals surface area contributed by atoms with E-state index in [2.05, 4.69) is 0 Å². The molecular formula is H2FNOS2. The minimum Gasteiger partial charge on any atom is -0.316 e. The van der Waals surface area contributed by atoms with Crippen molar-refractivity contribution in [3.8, 4) is 0 Å². The molecule has 0 aromatic heterocycles. The predicted molar refractivity (Wildman–Crippen MR) is 22.1 cm³/mol. The van der Waals surface area contributed by atoms with Gasteiger partial charge in [-0.2, -0.15) is 4.13 Å². The lowest BCUT2D eigenvalue weighted by molar-refractivity contribution is 0.662. The molecule has 2 nitrogen and oxygen atoms in total. The summed E-state index contributed by atoms with van der Waals surface area (Å²) in [5.74, 6) is 0. The van der Waals surface area contributed by atoms with Gasteiger partial charge in [-0.15, -0.1) is 3.89 Å². The molecule has 0 aromatic rings. The maximum Gasteiger partial charge on any atom is 0.144 e. The minimum absolute atomic E-state index is 0.135. The first-order chi connectivity index (χ1) is 2.41. The summed E-state index contributed by atoms with van der Waals surface area (Å²) in [6.07, 6.45) is 0. The Balaban J connectivity index is 2.19. The molecule has 0 saturated heterocycles. The molecule has 32 valence electrons. The van der Waals surface area contributed by atoms with Gasteiger partial charge in [-0.25, -0.2) is 0 Å². The van der Waals surface area contributed by atoms with Crippen molar-refractivity contribution in [1.29, 1.82) is 0 Å². The average Bonchev–Trinajstić information content (AvgIpc) is 1.41. The van der Waals surface area contributed by atoms with E-state index >= 15 is 0 Å². The van der Waals surface area contributed by atoms with E-state index in [-0.39, 0.29) is 24.6 Å². The van der Waals surface area contributed by atoms with Crippen LogP contribution in [0.2, 0.25) is 0 Å². The van der Waals surface area contributed by atoms with Crippen LogP contribution >= 0.6 is 24.6 Å². The van der Waals surface area contributed by atoms with Gasteiger partial charge in [-0.1, -0.05) is 0 Å². The molecule has 0 amide bonds. The van der Waals surface area contributed by atoms with Crippen LogP contribution < -0.4 is 4.13 Å². The third-order valence-electron chi connectivity index (χ3n) is 0.0688. The number of hydrogen-bond donors (Lipinski definition) is 2. The van der Waals surface area contributed by atoms with E-state index < -0.39 is 0 Å². The minimum atomic E-state index is -0.135. The SMILES string of the molecule is OSNSF. The van der Waals surface area contributed by atoms with E-state index in [4.69, 9.17) is 4.55 Å². The molecule has 0 bridgehead atoms. The van der Waals surface area contributed by atoms with Crippen LogP contribution in [0, 0.1) is 0 Å². The molecule has 0 spiro atoms. The van der Waals surface area contributed by atoms with E-state index in [1.54, 1.807) is 0 Å². The molecule has 0 aliphatic carbocycles. The molecular weight excluding hydrogens is 113 g/mol. The van der Waals surface area contributed by atoms with Crippen molar-refractivity contribution in [2.75, 3.05) is 0 Å². The summed E-state index contributed by atoms with van der Waals surface area (Å²) in [7, 11) is 0. The summed E-state index contributed by atoms with van der Waals surface area (Å²) in [6, 6.07) is 0. The van der Waals surface area contributed by atoms with Crippen molar-refractivity contribution >= 4 is 24.6 Å². The van der Waals surface area contributed by atoms with Crippen LogP contribution in [0.4, 0.5) is 3.89 Å². The fourth-order valence-electron chi connectivity index (χ4n) is 0.0141. The Bertz CT molecular complexity index is 17.1. The molecule has 0 fully saturated rings. The monoisotopic (exact) mass is 115 g/mol. The van der Waals surface area contributed by atoms with Crippen LogP contribution in [-0.4, -0.2) is 4.55 Å². The quantitative estimate of drug-likeness (QED) is 0.419. The summed E-state index contributed by atoms with van der Waals surface area (Å²) < 4.78 is 20.1. The van der Waals surface area contributed by atoms with Gasteiger partial charge < -0.3 is 4.55 Å².